The summed E-state index contributed by atoms with van der Waals surface area (Å²) in [5.74, 6) is -0.866. The van der Waals surface area contributed by atoms with Gasteiger partial charge in [-0.15, -0.1) is 0 Å². The van der Waals surface area contributed by atoms with Crippen molar-refractivity contribution in [1.29, 1.82) is 0 Å². The molecule has 0 fully saturated rings. The summed E-state index contributed by atoms with van der Waals surface area (Å²) >= 11 is 1.30. The third-order valence-electron chi connectivity index (χ3n) is 7.21. The Balaban J connectivity index is 1.64. The Morgan fingerprint density at radius 1 is 1.00 bits per heavy atom. The van der Waals surface area contributed by atoms with E-state index in [9.17, 15) is 14.4 Å². The van der Waals surface area contributed by atoms with Gasteiger partial charge < -0.3 is 14.0 Å². The van der Waals surface area contributed by atoms with Gasteiger partial charge in [0.05, 0.1) is 41.1 Å². The van der Waals surface area contributed by atoms with Crippen LogP contribution >= 0.6 is 11.3 Å². The molecule has 41 heavy (non-hydrogen) atoms. The van der Waals surface area contributed by atoms with Crippen LogP contribution in [0.25, 0.3) is 11.8 Å². The van der Waals surface area contributed by atoms with Crippen molar-refractivity contribution in [3.63, 3.8) is 0 Å². The van der Waals surface area contributed by atoms with E-state index in [1.54, 1.807) is 30.5 Å². The maximum absolute atomic E-state index is 14.0. The number of allylic oxidation sites excluding steroid dienone is 1. The predicted octanol–water partition coefficient (Wildman–Crippen LogP) is 4.30. The van der Waals surface area contributed by atoms with E-state index in [1.165, 1.54) is 18.4 Å². The molecule has 1 aliphatic heterocycles. The van der Waals surface area contributed by atoms with Gasteiger partial charge in [0.1, 0.15) is 0 Å². The van der Waals surface area contributed by atoms with Crippen LogP contribution < -0.4 is 14.9 Å². The number of carbonyl (C=O) groups excluding carboxylic acids is 2. The second-order valence-electron chi connectivity index (χ2n) is 9.91. The molecule has 4 aromatic rings. The zero-order valence-corrected chi connectivity index (χ0v) is 24.7. The second-order valence-corrected chi connectivity index (χ2v) is 10.9. The number of esters is 2. The summed E-state index contributed by atoms with van der Waals surface area (Å²) in [7, 11) is 1.36. The summed E-state index contributed by atoms with van der Waals surface area (Å²) < 4.78 is 14.4. The maximum Gasteiger partial charge on any atom is 0.338 e. The first-order valence-corrected chi connectivity index (χ1v) is 14.1. The van der Waals surface area contributed by atoms with E-state index in [1.807, 2.05) is 69.3 Å². The molecule has 8 nitrogen and oxygen atoms in total. The van der Waals surface area contributed by atoms with Gasteiger partial charge in [-0.2, -0.15) is 0 Å². The van der Waals surface area contributed by atoms with Gasteiger partial charge in [0.2, 0.25) is 0 Å². The van der Waals surface area contributed by atoms with Gasteiger partial charge in [-0.25, -0.2) is 14.6 Å². The molecular formula is C32H31N3O5S. The summed E-state index contributed by atoms with van der Waals surface area (Å²) in [6, 6.07) is 16.4. The number of rotatable bonds is 6. The Bertz CT molecular complexity index is 1870. The van der Waals surface area contributed by atoms with Crippen molar-refractivity contribution in [3.8, 4) is 5.69 Å². The summed E-state index contributed by atoms with van der Waals surface area (Å²) in [5, 5.41) is 0. The largest absolute Gasteiger partial charge is 0.465 e. The highest BCUT2D eigenvalue weighted by molar-refractivity contribution is 7.07. The van der Waals surface area contributed by atoms with Gasteiger partial charge >= 0.3 is 11.9 Å². The lowest BCUT2D eigenvalue weighted by Gasteiger charge is -2.24. The fourth-order valence-corrected chi connectivity index (χ4v) is 6.23. The molecule has 210 valence electrons. The molecule has 0 bridgehead atoms. The summed E-state index contributed by atoms with van der Waals surface area (Å²) in [4.78, 5) is 44.1. The smallest absolute Gasteiger partial charge is 0.338 e. The molecule has 0 N–H and O–H groups in total. The zero-order valence-electron chi connectivity index (χ0n) is 23.8. The van der Waals surface area contributed by atoms with Crippen molar-refractivity contribution in [2.75, 3.05) is 13.7 Å². The minimum absolute atomic E-state index is 0.221. The Labute approximate surface area is 241 Å². The lowest BCUT2D eigenvalue weighted by Crippen LogP contribution is -2.39. The van der Waals surface area contributed by atoms with Crippen LogP contribution in [0, 0.1) is 20.8 Å². The van der Waals surface area contributed by atoms with Crippen molar-refractivity contribution in [2.24, 2.45) is 4.99 Å². The molecule has 9 heteroatoms. The molecule has 0 spiro atoms. The van der Waals surface area contributed by atoms with E-state index in [4.69, 9.17) is 9.47 Å². The molecule has 0 unspecified atom stereocenters. The van der Waals surface area contributed by atoms with E-state index in [2.05, 4.69) is 9.56 Å². The number of benzene rings is 2. The van der Waals surface area contributed by atoms with Gasteiger partial charge in [0.25, 0.3) is 5.56 Å². The fraction of sp³-hybridized carbons (Fsp3) is 0.250. The topological polar surface area (TPSA) is 91.9 Å². The highest BCUT2D eigenvalue weighted by Crippen LogP contribution is 2.31. The number of hydrogen-bond donors (Lipinski definition) is 0. The van der Waals surface area contributed by atoms with Gasteiger partial charge in [0, 0.05) is 17.1 Å². The first kappa shape index (κ1) is 28.0. The SMILES string of the molecule is CCOC(=O)C1=C(C)N=c2s/c(=C/c3cc(C)n(-c4ccc(C(=O)OC)cc4)c3C)c(=O)n2[C@H]1c1ccc(C)cc1. The average Bonchev–Trinajstić information content (AvgIpc) is 3.41. The Hall–Kier alpha value is -4.50. The number of carbonyl (C=O) groups is 2. The van der Waals surface area contributed by atoms with Crippen LogP contribution in [0.15, 0.2) is 75.7 Å². The van der Waals surface area contributed by atoms with Crippen LogP contribution in [0.3, 0.4) is 0 Å². The minimum Gasteiger partial charge on any atom is -0.465 e. The molecule has 1 aliphatic rings. The summed E-state index contributed by atoms with van der Waals surface area (Å²) in [6.07, 6.45) is 1.88. The monoisotopic (exact) mass is 569 g/mol. The highest BCUT2D eigenvalue weighted by atomic mass is 32.1. The Morgan fingerprint density at radius 2 is 1.68 bits per heavy atom. The fourth-order valence-electron chi connectivity index (χ4n) is 5.19. The van der Waals surface area contributed by atoms with Crippen LogP contribution in [0.5, 0.6) is 0 Å². The molecule has 1 atom stereocenters. The molecule has 2 aromatic heterocycles. The molecular weight excluding hydrogens is 538 g/mol. The van der Waals surface area contributed by atoms with Crippen LogP contribution in [-0.4, -0.2) is 34.8 Å². The number of nitrogens with zero attached hydrogens (tertiary/aromatic N) is 3. The standard InChI is InChI=1S/C32H31N3O5S/c1-7-40-31(38)27-20(4)33-32-35(28(27)22-10-8-18(2)9-11-22)29(36)26(41-32)17-24-16-19(3)34(21(24)5)25-14-12-23(13-15-25)30(37)39-6/h8-17,28H,7H2,1-6H3/b26-17+/t28-/m0/s1. The lowest BCUT2D eigenvalue weighted by atomic mass is 9.95. The van der Waals surface area contributed by atoms with Crippen LogP contribution in [0.2, 0.25) is 0 Å². The number of thiazole rings is 1. The molecule has 5 rings (SSSR count). The molecule has 0 radical (unpaired) electrons. The molecule has 0 saturated carbocycles. The Morgan fingerprint density at radius 3 is 2.32 bits per heavy atom. The Kier molecular flexibility index (Phi) is 7.64. The highest BCUT2D eigenvalue weighted by Gasteiger charge is 2.33. The lowest BCUT2D eigenvalue weighted by molar-refractivity contribution is -0.139. The molecule has 2 aromatic carbocycles. The van der Waals surface area contributed by atoms with E-state index < -0.39 is 12.0 Å². The minimum atomic E-state index is -0.645. The van der Waals surface area contributed by atoms with Gasteiger partial charge in [0.15, 0.2) is 4.80 Å². The number of hydrogen-bond acceptors (Lipinski definition) is 7. The maximum atomic E-state index is 14.0. The third-order valence-corrected chi connectivity index (χ3v) is 8.20. The number of methoxy groups -OCH3 is 1. The van der Waals surface area contributed by atoms with E-state index in [0.29, 0.717) is 26.2 Å². The van der Waals surface area contributed by atoms with Crippen LogP contribution in [0.1, 0.15) is 58.3 Å². The quantitative estimate of drug-likeness (QED) is 0.323. The first-order valence-electron chi connectivity index (χ1n) is 13.3. The average molecular weight is 570 g/mol. The molecule has 0 saturated heterocycles. The van der Waals surface area contributed by atoms with E-state index in [0.717, 1.165) is 33.8 Å². The van der Waals surface area contributed by atoms with Gasteiger partial charge in [-0.05, 0) is 82.2 Å². The zero-order chi connectivity index (χ0) is 29.4. The summed E-state index contributed by atoms with van der Waals surface area (Å²) in [5.41, 5.74) is 6.74. The van der Waals surface area contributed by atoms with E-state index in [-0.39, 0.29) is 18.1 Å². The normalized spacial score (nSPS) is 15.0. The number of ether oxygens (including phenoxy) is 2. The van der Waals surface area contributed by atoms with Crippen LogP contribution in [-0.2, 0) is 14.3 Å². The van der Waals surface area contributed by atoms with Crippen molar-refractivity contribution in [3.05, 3.63) is 119 Å². The second kappa shape index (κ2) is 11.2. The molecule has 0 aliphatic carbocycles. The first-order chi connectivity index (χ1) is 19.6. The van der Waals surface area contributed by atoms with E-state index >= 15 is 0 Å². The van der Waals surface area contributed by atoms with Crippen LogP contribution in [0.4, 0.5) is 0 Å². The van der Waals surface area contributed by atoms with Gasteiger partial charge in [-0.3, -0.25) is 9.36 Å². The third kappa shape index (κ3) is 5.09. The van der Waals surface area contributed by atoms with Crippen molar-refractivity contribution in [1.82, 2.24) is 9.13 Å². The van der Waals surface area contributed by atoms with Crippen molar-refractivity contribution < 1.29 is 19.1 Å². The molecule has 0 amide bonds. The summed E-state index contributed by atoms with van der Waals surface area (Å²) in [6.45, 7) is 9.74. The number of aryl methyl sites for hydroxylation is 2. The van der Waals surface area contributed by atoms with Gasteiger partial charge in [-0.1, -0.05) is 41.2 Å². The van der Waals surface area contributed by atoms with Crippen molar-refractivity contribution in [2.45, 2.75) is 40.7 Å². The predicted molar refractivity (Wildman–Crippen MR) is 158 cm³/mol. The molecule has 3 heterocycles. The van der Waals surface area contributed by atoms with Crippen molar-refractivity contribution >= 4 is 29.4 Å². The number of aromatic nitrogens is 2. The number of fused-ring (bicyclic) bond motifs is 1.